The Hall–Kier alpha value is -12.0. The van der Waals surface area contributed by atoms with Gasteiger partial charge in [-0.15, -0.1) is 11.8 Å². The number of aromatic nitrogens is 30. The van der Waals surface area contributed by atoms with Gasteiger partial charge in [0.15, 0.2) is 45.5 Å². The lowest BCUT2D eigenvalue weighted by molar-refractivity contribution is 0.437. The van der Waals surface area contributed by atoms with Crippen molar-refractivity contribution in [2.24, 2.45) is 42.3 Å². The molecule has 6 aliphatic heterocycles. The molecule has 0 spiro atoms. The molecule has 18 N–H and O–H groups in total. The molecule has 0 saturated carbocycles. The summed E-state index contributed by atoms with van der Waals surface area (Å²) in [6.07, 6.45) is 42.7. The fraction of sp³-hybridized carbons (Fsp3) is 0.386. The number of aryl methyl sites for hydroxylation is 6. The molecule has 6 aliphatic rings. The number of anilines is 6. The van der Waals surface area contributed by atoms with Crippen LogP contribution < -0.4 is 66.3 Å². The molecular formula is C88H104Br4ClFN42S. The van der Waals surface area contributed by atoms with Crippen molar-refractivity contribution in [2.75, 3.05) is 119 Å². The minimum atomic E-state index is -0.466. The van der Waals surface area contributed by atoms with Crippen molar-refractivity contribution in [3.63, 3.8) is 0 Å². The summed E-state index contributed by atoms with van der Waals surface area (Å²) in [5.41, 5.74) is 58.2. The molecular weight excluding hydrogens is 2050 g/mol. The van der Waals surface area contributed by atoms with Crippen LogP contribution in [0, 0.1) is 5.82 Å². The number of hydrogen-bond acceptors (Lipinski definition) is 31. The van der Waals surface area contributed by atoms with Crippen molar-refractivity contribution >= 4 is 156 Å². The van der Waals surface area contributed by atoms with Crippen LogP contribution in [-0.4, -0.2) is 231 Å². The normalized spacial score (nSPS) is 18.6. The molecule has 0 aliphatic carbocycles. The van der Waals surface area contributed by atoms with Crippen LogP contribution in [0.15, 0.2) is 129 Å². The molecule has 0 aromatic carbocycles. The summed E-state index contributed by atoms with van der Waals surface area (Å²) in [6, 6.07) is 0. The minimum absolute atomic E-state index is 0.00529. The van der Waals surface area contributed by atoms with E-state index in [1.165, 1.54) is 4.52 Å². The Bertz CT molecular complexity index is 6560. The van der Waals surface area contributed by atoms with Crippen molar-refractivity contribution in [1.29, 1.82) is 0 Å². The molecule has 0 radical (unpaired) electrons. The zero-order valence-corrected chi connectivity index (χ0v) is 83.9. The molecule has 18 aromatic heterocycles. The van der Waals surface area contributed by atoms with E-state index in [0.29, 0.717) is 63.2 Å². The summed E-state index contributed by atoms with van der Waals surface area (Å²) < 4.78 is 38.2. The minimum Gasteiger partial charge on any atom is -0.383 e. The summed E-state index contributed by atoms with van der Waals surface area (Å²) >= 11 is 22.8. The molecule has 6 fully saturated rings. The molecule has 49 heteroatoms. The van der Waals surface area contributed by atoms with Crippen LogP contribution in [0.4, 0.5) is 39.3 Å². The van der Waals surface area contributed by atoms with E-state index in [-0.39, 0.29) is 22.9 Å². The van der Waals surface area contributed by atoms with Crippen molar-refractivity contribution in [2.45, 2.75) is 92.6 Å². The molecule has 714 valence electrons. The number of nitrogen functional groups attached to an aromatic ring is 6. The van der Waals surface area contributed by atoms with Gasteiger partial charge in [0.25, 0.3) is 0 Å². The zero-order chi connectivity index (χ0) is 95.1. The summed E-state index contributed by atoms with van der Waals surface area (Å²) in [6.45, 7) is 11.5. The van der Waals surface area contributed by atoms with Gasteiger partial charge in [-0.05, 0) is 154 Å². The van der Waals surface area contributed by atoms with E-state index < -0.39 is 5.82 Å². The molecule has 6 atom stereocenters. The van der Waals surface area contributed by atoms with E-state index in [2.05, 4.69) is 162 Å². The van der Waals surface area contributed by atoms with Gasteiger partial charge in [0.05, 0.1) is 132 Å². The third-order valence-corrected chi connectivity index (χ3v) is 30.3. The van der Waals surface area contributed by atoms with Crippen molar-refractivity contribution in [3.05, 3.63) is 174 Å². The third kappa shape index (κ3) is 19.1. The van der Waals surface area contributed by atoms with Crippen LogP contribution >= 0.6 is 87.1 Å². The van der Waals surface area contributed by atoms with Gasteiger partial charge < -0.3 is 66.3 Å². The molecule has 6 saturated heterocycles. The highest BCUT2D eigenvalue weighted by Crippen LogP contribution is 2.43. The molecule has 18 aromatic rings. The van der Waals surface area contributed by atoms with Gasteiger partial charge in [0, 0.05) is 227 Å². The lowest BCUT2D eigenvalue weighted by atomic mass is 9.95. The van der Waals surface area contributed by atoms with Gasteiger partial charge in [-0.2, -0.15) is 88.3 Å². The Morgan fingerprint density at radius 1 is 0.299 bits per heavy atom. The SMILES string of the molecule is Cn1cc(-c2cnn3c(N)c(Br)c(C4CCCNC4)nc23)cn1.Cn1cc(-c2cnn3c(N)c(Br)c(C4CCCNC4)nc23)cn1.Cn1cc(-c2cnn3c(N)c(Br)c(C4CCNC4)nc23)cn1.Cn1cc(-c2cnn3c(N)c(Br)c(C4CNCCS4)nc23)cn1.Cn1cc(-c2cnn3c(N)c(Cl)c(C4CCCNC4)nc23)cn1.Cn1cc(-c2cnn3c(N)c(F)c(C4CCCNC4)nc23)cn1. The average Bonchev–Trinajstić information content (AvgIpc) is 1.66. The van der Waals surface area contributed by atoms with Crippen LogP contribution in [0.1, 0.15) is 127 Å². The molecule has 42 nitrogen and oxygen atoms in total. The van der Waals surface area contributed by atoms with Crippen molar-refractivity contribution in [1.82, 2.24) is 178 Å². The lowest BCUT2D eigenvalue weighted by Crippen LogP contribution is -2.30. The second-order valence-corrected chi connectivity index (χ2v) is 39.6. The maximum Gasteiger partial charge on any atom is 0.187 e. The second kappa shape index (κ2) is 40.6. The van der Waals surface area contributed by atoms with Crippen molar-refractivity contribution < 1.29 is 4.39 Å². The number of nitrogens with two attached hydrogens (primary N) is 6. The van der Waals surface area contributed by atoms with E-state index in [0.717, 1.165) is 283 Å². The Kier molecular flexibility index (Phi) is 27.9. The summed E-state index contributed by atoms with van der Waals surface area (Å²) in [5.74, 6) is 4.80. The van der Waals surface area contributed by atoms with Gasteiger partial charge in [-0.3, -0.25) is 28.1 Å². The third-order valence-electron chi connectivity index (χ3n) is 25.4. The summed E-state index contributed by atoms with van der Waals surface area (Å²) in [4.78, 5) is 28.9. The number of hydrogen-bond donors (Lipinski definition) is 12. The highest BCUT2D eigenvalue weighted by Gasteiger charge is 2.33. The standard InChI is InChI=1S/2C15H18BrN7.C15H18ClN7.C15H18FN7.C14H16BrN7S.C14H16BrN7/c4*1-22-8-10(6-19-22)11-7-20-23-14(17)12(16)13(21-15(11)23)9-3-2-4-18-5-9;1-21-7-8(4-18-21)9-5-19-22-13(16)11(15)12(20-14(9)22)10-6-17-2-3-23-10;1-21-7-9(5-18-21)10-6-19-22-13(16)11(15)12(20-14(10)22)8-2-3-17-4-8/h4*6-9,18H,2-5,17H2,1H3;4-5,7,10,17H,2-3,6,16H2,1H3;5-8,17H,2-4,16H2,1H3. The number of nitrogens with zero attached hydrogens (tertiary/aromatic N) is 30. The molecule has 6 unspecified atom stereocenters. The first-order chi connectivity index (χ1) is 66.4. The molecule has 0 bridgehead atoms. The van der Waals surface area contributed by atoms with E-state index in [1.807, 2.05) is 116 Å². The highest BCUT2D eigenvalue weighted by molar-refractivity contribution is 9.11. The molecule has 24 heterocycles. The average molecular weight is 2160 g/mol. The Morgan fingerprint density at radius 2 is 0.547 bits per heavy atom. The Labute approximate surface area is 827 Å². The first-order valence-corrected chi connectivity index (χ1v) is 49.7. The number of piperidine rings is 4. The van der Waals surface area contributed by atoms with Gasteiger partial charge in [-0.1, -0.05) is 11.6 Å². The highest BCUT2D eigenvalue weighted by atomic mass is 79.9. The lowest BCUT2D eigenvalue weighted by Gasteiger charge is -2.23. The summed E-state index contributed by atoms with van der Waals surface area (Å²) in [5, 5.41) is 72.5. The maximum absolute atomic E-state index is 14.6. The number of fused-ring (bicyclic) bond motifs is 6. The van der Waals surface area contributed by atoms with Gasteiger partial charge in [0.1, 0.15) is 34.1 Å². The second-order valence-electron chi connectivity index (χ2n) is 34.8. The van der Waals surface area contributed by atoms with Crippen molar-refractivity contribution in [3.8, 4) is 66.8 Å². The smallest absolute Gasteiger partial charge is 0.187 e. The van der Waals surface area contributed by atoms with E-state index in [4.69, 9.17) is 70.9 Å². The number of thioether (sulfide) groups is 1. The fourth-order valence-electron chi connectivity index (χ4n) is 18.2. The fourth-order valence-corrected chi connectivity index (χ4v) is 22.0. The van der Waals surface area contributed by atoms with E-state index in [1.54, 1.807) is 100 Å². The Morgan fingerprint density at radius 3 is 0.825 bits per heavy atom. The van der Waals surface area contributed by atoms with Gasteiger partial charge in [0.2, 0.25) is 0 Å². The van der Waals surface area contributed by atoms with Crippen LogP contribution in [0.2, 0.25) is 5.02 Å². The number of halogens is 6. The molecule has 0 amide bonds. The maximum atomic E-state index is 14.6. The van der Waals surface area contributed by atoms with Gasteiger partial charge in [-0.25, -0.2) is 34.3 Å². The van der Waals surface area contributed by atoms with E-state index in [9.17, 15) is 4.39 Å². The van der Waals surface area contributed by atoms with Crippen LogP contribution in [-0.2, 0) is 42.3 Å². The van der Waals surface area contributed by atoms with E-state index >= 15 is 0 Å². The van der Waals surface area contributed by atoms with Crippen LogP contribution in [0.25, 0.3) is 101 Å². The predicted molar refractivity (Wildman–Crippen MR) is 541 cm³/mol. The van der Waals surface area contributed by atoms with Gasteiger partial charge >= 0.3 is 0 Å². The number of rotatable bonds is 12. The quantitative estimate of drug-likeness (QED) is 0.0540. The Balaban J connectivity index is 0.000000105. The monoisotopic (exact) mass is 2150 g/mol. The molecule has 24 rings (SSSR count). The first-order valence-electron chi connectivity index (χ1n) is 45.1. The number of nitrogens with one attached hydrogen (secondary N) is 6. The summed E-state index contributed by atoms with van der Waals surface area (Å²) in [7, 11) is 11.3. The zero-order valence-electron chi connectivity index (χ0n) is 76.0. The topological polar surface area (TPSA) is 516 Å². The van der Waals surface area contributed by atoms with Crippen LogP contribution in [0.5, 0.6) is 0 Å². The largest absolute Gasteiger partial charge is 0.383 e. The van der Waals surface area contributed by atoms with Crippen LogP contribution in [0.3, 0.4) is 0 Å². The first kappa shape index (κ1) is 94.0. The predicted octanol–water partition coefficient (Wildman–Crippen LogP) is 10.4. The molecule has 137 heavy (non-hydrogen) atoms.